The van der Waals surface area contributed by atoms with Crippen molar-refractivity contribution in [3.8, 4) is 11.5 Å². The van der Waals surface area contributed by atoms with E-state index in [0.29, 0.717) is 30.3 Å². The molecule has 0 spiro atoms. The zero-order chi connectivity index (χ0) is 22.1. The van der Waals surface area contributed by atoms with E-state index in [-0.39, 0.29) is 42.0 Å². The van der Waals surface area contributed by atoms with E-state index < -0.39 is 0 Å². The van der Waals surface area contributed by atoms with Gasteiger partial charge in [0, 0.05) is 5.92 Å². The highest BCUT2D eigenvalue weighted by Gasteiger charge is 2.49. The van der Waals surface area contributed by atoms with Gasteiger partial charge in [0.05, 0.1) is 30.9 Å². The second-order valence-corrected chi connectivity index (χ2v) is 8.66. The molecule has 7 heteroatoms. The molecule has 0 aromatic heterocycles. The smallest absolute Gasteiger partial charge is 0.255 e. The van der Waals surface area contributed by atoms with E-state index in [0.717, 1.165) is 19.3 Å². The molecule has 1 saturated carbocycles. The molecule has 2 aromatic rings. The minimum absolute atomic E-state index is 0.0772. The normalized spacial score (nSPS) is 26.4. The van der Waals surface area contributed by atoms with E-state index in [9.17, 15) is 9.59 Å². The van der Waals surface area contributed by atoms with Crippen LogP contribution >= 0.6 is 0 Å². The van der Waals surface area contributed by atoms with Crippen molar-refractivity contribution in [3.63, 3.8) is 0 Å². The summed E-state index contributed by atoms with van der Waals surface area (Å²) in [7, 11) is 0. The number of carbonyl (C=O) groups excluding carboxylic acids is 2. The molecule has 0 radical (unpaired) electrons. The van der Waals surface area contributed by atoms with Crippen LogP contribution in [0.1, 0.15) is 35.7 Å². The molecule has 1 aliphatic carbocycles. The van der Waals surface area contributed by atoms with Gasteiger partial charge in [-0.1, -0.05) is 31.2 Å². The lowest BCUT2D eigenvalue weighted by Crippen LogP contribution is -2.47. The van der Waals surface area contributed by atoms with Gasteiger partial charge < -0.3 is 24.8 Å². The van der Waals surface area contributed by atoms with Crippen LogP contribution in [0.5, 0.6) is 11.5 Å². The average Bonchev–Trinajstić information content (AvgIpc) is 3.49. The van der Waals surface area contributed by atoms with Gasteiger partial charge in [0.25, 0.3) is 5.91 Å². The van der Waals surface area contributed by atoms with Crippen LogP contribution in [-0.2, 0) is 20.7 Å². The number of hydrogen-bond donors (Lipinski definition) is 2. The summed E-state index contributed by atoms with van der Waals surface area (Å²) in [6.45, 7) is 2.84. The third kappa shape index (κ3) is 4.36. The molecule has 5 rings (SSSR count). The summed E-state index contributed by atoms with van der Waals surface area (Å²) in [4.78, 5) is 25.2. The molecule has 2 saturated heterocycles. The number of carbonyl (C=O) groups is 2. The Morgan fingerprint density at radius 3 is 2.25 bits per heavy atom. The number of ether oxygens (including phenoxy) is 3. The number of hydrogen-bond acceptors (Lipinski definition) is 5. The molecule has 168 valence electrons. The Labute approximate surface area is 187 Å². The van der Waals surface area contributed by atoms with Crippen molar-refractivity contribution >= 4 is 11.8 Å². The first-order valence-corrected chi connectivity index (χ1v) is 11.3. The number of rotatable bonds is 7. The van der Waals surface area contributed by atoms with E-state index in [4.69, 9.17) is 14.2 Å². The third-order valence-electron chi connectivity index (χ3n) is 6.34. The Hall–Kier alpha value is -2.90. The molecule has 2 aliphatic heterocycles. The van der Waals surface area contributed by atoms with Gasteiger partial charge in [0.2, 0.25) is 5.91 Å². The minimum atomic E-state index is -0.285. The van der Waals surface area contributed by atoms with Crippen LogP contribution in [0.4, 0.5) is 0 Å². The zero-order valence-corrected chi connectivity index (χ0v) is 18.1. The van der Waals surface area contributed by atoms with Crippen molar-refractivity contribution in [3.05, 3.63) is 59.7 Å². The summed E-state index contributed by atoms with van der Waals surface area (Å²) < 4.78 is 17.8. The SMILES string of the molecule is CCc1ccc(Oc2ccccc2C(=O)NC2COC3C(NC(=O)C4CC4)COC23)cc1. The molecule has 2 aromatic carbocycles. The maximum Gasteiger partial charge on any atom is 0.255 e. The van der Waals surface area contributed by atoms with Crippen LogP contribution < -0.4 is 15.4 Å². The first-order valence-electron chi connectivity index (χ1n) is 11.3. The van der Waals surface area contributed by atoms with Gasteiger partial charge >= 0.3 is 0 Å². The van der Waals surface area contributed by atoms with Gasteiger partial charge in [-0.3, -0.25) is 9.59 Å². The zero-order valence-electron chi connectivity index (χ0n) is 18.1. The van der Waals surface area contributed by atoms with Crippen LogP contribution in [-0.4, -0.2) is 49.3 Å². The van der Waals surface area contributed by atoms with E-state index in [2.05, 4.69) is 17.6 Å². The van der Waals surface area contributed by atoms with E-state index in [1.807, 2.05) is 36.4 Å². The quantitative estimate of drug-likeness (QED) is 0.697. The Balaban J connectivity index is 1.23. The van der Waals surface area contributed by atoms with Gasteiger partial charge in [0.1, 0.15) is 23.7 Å². The highest BCUT2D eigenvalue weighted by atomic mass is 16.6. The molecule has 0 bridgehead atoms. The Bertz CT molecular complexity index is 988. The van der Waals surface area contributed by atoms with Crippen molar-refractivity contribution in [1.29, 1.82) is 0 Å². The van der Waals surface area contributed by atoms with Gasteiger partial charge in [-0.2, -0.15) is 0 Å². The third-order valence-corrected chi connectivity index (χ3v) is 6.34. The first kappa shape index (κ1) is 21.0. The fraction of sp³-hybridized carbons (Fsp3) is 0.440. The number of amides is 2. The molecule has 2 amide bonds. The average molecular weight is 437 g/mol. The molecule has 3 fully saturated rings. The van der Waals surface area contributed by atoms with Crippen LogP contribution in [0, 0.1) is 5.92 Å². The molecule has 3 aliphatic rings. The maximum absolute atomic E-state index is 13.1. The fourth-order valence-electron chi connectivity index (χ4n) is 4.30. The predicted molar refractivity (Wildman–Crippen MR) is 118 cm³/mol. The highest BCUT2D eigenvalue weighted by Crippen LogP contribution is 2.32. The summed E-state index contributed by atoms with van der Waals surface area (Å²) in [5.41, 5.74) is 1.68. The number of benzene rings is 2. The molecular formula is C25H28N2O5. The second kappa shape index (κ2) is 8.92. The van der Waals surface area contributed by atoms with Gasteiger partial charge in [0.15, 0.2) is 0 Å². The lowest BCUT2D eigenvalue weighted by atomic mass is 10.1. The second-order valence-electron chi connectivity index (χ2n) is 8.66. The van der Waals surface area contributed by atoms with E-state index in [1.54, 1.807) is 12.1 Å². The lowest BCUT2D eigenvalue weighted by molar-refractivity contribution is -0.123. The van der Waals surface area contributed by atoms with Crippen LogP contribution in [0.15, 0.2) is 48.5 Å². The first-order chi connectivity index (χ1) is 15.6. The summed E-state index contributed by atoms with van der Waals surface area (Å²) in [6.07, 6.45) is 2.34. The number of nitrogens with one attached hydrogen (secondary N) is 2. The molecule has 2 heterocycles. The fourth-order valence-corrected chi connectivity index (χ4v) is 4.30. The van der Waals surface area contributed by atoms with Crippen LogP contribution in [0.3, 0.4) is 0 Å². The standard InChI is InChI=1S/C25H28N2O5/c1-2-15-7-11-17(12-8-15)32-21-6-4-3-5-18(21)25(29)27-20-14-31-22-19(13-30-23(20)22)26-24(28)16-9-10-16/h3-8,11-12,16,19-20,22-23H,2,9-10,13-14H2,1H3,(H,26,28)(H,27,29). The Morgan fingerprint density at radius 1 is 0.938 bits per heavy atom. The summed E-state index contributed by atoms with van der Waals surface area (Å²) >= 11 is 0. The van der Waals surface area contributed by atoms with Crippen molar-refractivity contribution in [2.24, 2.45) is 5.92 Å². The molecule has 32 heavy (non-hydrogen) atoms. The summed E-state index contributed by atoms with van der Waals surface area (Å²) in [5, 5.41) is 6.08. The van der Waals surface area contributed by atoms with E-state index in [1.165, 1.54) is 5.56 Å². The predicted octanol–water partition coefficient (Wildman–Crippen LogP) is 2.83. The Kier molecular flexibility index (Phi) is 5.85. The number of aryl methyl sites for hydroxylation is 1. The van der Waals surface area contributed by atoms with Gasteiger partial charge in [-0.25, -0.2) is 0 Å². The monoisotopic (exact) mass is 436 g/mol. The van der Waals surface area contributed by atoms with E-state index >= 15 is 0 Å². The van der Waals surface area contributed by atoms with Crippen LogP contribution in [0.2, 0.25) is 0 Å². The molecular weight excluding hydrogens is 408 g/mol. The minimum Gasteiger partial charge on any atom is -0.457 e. The van der Waals surface area contributed by atoms with Crippen LogP contribution in [0.25, 0.3) is 0 Å². The van der Waals surface area contributed by atoms with Gasteiger partial charge in [-0.15, -0.1) is 0 Å². The van der Waals surface area contributed by atoms with Crippen molar-refractivity contribution in [1.82, 2.24) is 10.6 Å². The molecule has 4 atom stereocenters. The van der Waals surface area contributed by atoms with Crippen molar-refractivity contribution < 1.29 is 23.8 Å². The summed E-state index contributed by atoms with van der Waals surface area (Å²) in [6, 6.07) is 14.6. The van der Waals surface area contributed by atoms with Crippen molar-refractivity contribution in [2.45, 2.75) is 50.5 Å². The van der Waals surface area contributed by atoms with Crippen molar-refractivity contribution in [2.75, 3.05) is 13.2 Å². The van der Waals surface area contributed by atoms with Gasteiger partial charge in [-0.05, 0) is 49.1 Å². The lowest BCUT2D eigenvalue weighted by Gasteiger charge is -2.19. The maximum atomic E-state index is 13.1. The molecule has 7 nitrogen and oxygen atoms in total. The summed E-state index contributed by atoms with van der Waals surface area (Å²) in [5.74, 6) is 1.15. The molecule has 4 unspecified atom stereocenters. The topological polar surface area (TPSA) is 85.9 Å². The number of fused-ring (bicyclic) bond motifs is 1. The molecule has 2 N–H and O–H groups in total. The highest BCUT2D eigenvalue weighted by molar-refractivity contribution is 5.97. The largest absolute Gasteiger partial charge is 0.457 e. The Morgan fingerprint density at radius 2 is 1.59 bits per heavy atom. The number of para-hydroxylation sites is 1.